The molecule has 1 aliphatic rings. The van der Waals surface area contributed by atoms with Crippen molar-refractivity contribution < 1.29 is 14.0 Å². The summed E-state index contributed by atoms with van der Waals surface area (Å²) in [6.07, 6.45) is 4.99. The lowest BCUT2D eigenvalue weighted by Crippen LogP contribution is -2.43. The number of pyridine rings is 1. The normalized spacial score (nSPS) is 14.9. The van der Waals surface area contributed by atoms with E-state index in [-0.39, 0.29) is 30.0 Å². The summed E-state index contributed by atoms with van der Waals surface area (Å²) in [5.74, 6) is -0.314. The number of carbonyl (C=O) groups is 2. The zero-order chi connectivity index (χ0) is 18.4. The molecule has 6 heteroatoms. The summed E-state index contributed by atoms with van der Waals surface area (Å²) in [5.41, 5.74) is 1.81. The molecular formula is C20H22FN3O2. The van der Waals surface area contributed by atoms with Gasteiger partial charge in [-0.05, 0) is 48.2 Å². The third-order valence-corrected chi connectivity index (χ3v) is 4.70. The molecule has 0 saturated carbocycles. The fourth-order valence-corrected chi connectivity index (χ4v) is 3.11. The van der Waals surface area contributed by atoms with E-state index in [2.05, 4.69) is 10.3 Å². The van der Waals surface area contributed by atoms with Crippen LogP contribution >= 0.6 is 0 Å². The molecule has 2 amide bonds. The van der Waals surface area contributed by atoms with Crippen LogP contribution in [0.3, 0.4) is 0 Å². The largest absolute Gasteiger partial charge is 0.352 e. The summed E-state index contributed by atoms with van der Waals surface area (Å²) < 4.78 is 12.9. The maximum absolute atomic E-state index is 12.9. The minimum absolute atomic E-state index is 0.0206. The van der Waals surface area contributed by atoms with Gasteiger partial charge in [-0.1, -0.05) is 12.1 Å². The van der Waals surface area contributed by atoms with Crippen LogP contribution in [0, 0.1) is 11.7 Å². The fourth-order valence-electron chi connectivity index (χ4n) is 3.11. The Kier molecular flexibility index (Phi) is 5.94. The number of likely N-dealkylation sites (tertiary alicyclic amines) is 1. The number of hydrogen-bond donors (Lipinski definition) is 1. The Morgan fingerprint density at radius 3 is 2.35 bits per heavy atom. The van der Waals surface area contributed by atoms with Gasteiger partial charge in [-0.15, -0.1) is 0 Å². The van der Waals surface area contributed by atoms with Crippen LogP contribution < -0.4 is 5.32 Å². The molecule has 2 aromatic rings. The first-order chi connectivity index (χ1) is 12.6. The van der Waals surface area contributed by atoms with Crippen LogP contribution in [0.2, 0.25) is 0 Å². The minimum Gasteiger partial charge on any atom is -0.352 e. The highest BCUT2D eigenvalue weighted by atomic mass is 19.1. The minimum atomic E-state index is -0.306. The molecule has 0 radical (unpaired) electrons. The van der Waals surface area contributed by atoms with Crippen molar-refractivity contribution in [3.63, 3.8) is 0 Å². The summed E-state index contributed by atoms with van der Waals surface area (Å²) in [6, 6.07) is 9.73. The topological polar surface area (TPSA) is 62.3 Å². The molecule has 1 aliphatic heterocycles. The molecule has 26 heavy (non-hydrogen) atoms. The van der Waals surface area contributed by atoms with Gasteiger partial charge < -0.3 is 10.2 Å². The number of benzene rings is 1. The van der Waals surface area contributed by atoms with Crippen LogP contribution in [0.25, 0.3) is 0 Å². The molecule has 0 unspecified atom stereocenters. The van der Waals surface area contributed by atoms with Crippen LogP contribution in [0.1, 0.15) is 24.0 Å². The highest BCUT2D eigenvalue weighted by Crippen LogP contribution is 2.18. The van der Waals surface area contributed by atoms with Crippen LogP contribution in [-0.2, 0) is 22.6 Å². The number of aromatic nitrogens is 1. The first-order valence-corrected chi connectivity index (χ1v) is 8.80. The molecule has 1 aromatic heterocycles. The smallest absolute Gasteiger partial charge is 0.226 e. The van der Waals surface area contributed by atoms with Gasteiger partial charge in [0.25, 0.3) is 0 Å². The van der Waals surface area contributed by atoms with Gasteiger partial charge in [0, 0.05) is 37.9 Å². The third-order valence-electron chi connectivity index (χ3n) is 4.70. The van der Waals surface area contributed by atoms with E-state index in [4.69, 9.17) is 0 Å². The number of amides is 2. The van der Waals surface area contributed by atoms with E-state index < -0.39 is 0 Å². The van der Waals surface area contributed by atoms with Gasteiger partial charge in [0.1, 0.15) is 5.82 Å². The molecule has 2 heterocycles. The van der Waals surface area contributed by atoms with E-state index in [1.165, 1.54) is 12.1 Å². The Morgan fingerprint density at radius 1 is 1.04 bits per heavy atom. The molecule has 136 valence electrons. The van der Waals surface area contributed by atoms with E-state index in [0.717, 1.165) is 11.1 Å². The lowest BCUT2D eigenvalue weighted by Gasteiger charge is -2.31. The average molecular weight is 355 g/mol. The van der Waals surface area contributed by atoms with Gasteiger partial charge in [-0.2, -0.15) is 0 Å². The summed E-state index contributed by atoms with van der Waals surface area (Å²) in [5, 5.41) is 2.95. The third kappa shape index (κ3) is 4.88. The Hall–Kier alpha value is -2.76. The number of hydrogen-bond acceptors (Lipinski definition) is 3. The van der Waals surface area contributed by atoms with Crippen molar-refractivity contribution in [3.8, 4) is 0 Å². The molecule has 0 aliphatic carbocycles. The molecular weight excluding hydrogens is 333 g/mol. The van der Waals surface area contributed by atoms with Crippen molar-refractivity contribution in [1.29, 1.82) is 0 Å². The SMILES string of the molecule is O=C(NCc1ccncc1)C1CCN(C(=O)Cc2ccc(F)cc2)CC1. The number of piperidine rings is 1. The lowest BCUT2D eigenvalue weighted by atomic mass is 9.95. The van der Waals surface area contributed by atoms with Crippen molar-refractivity contribution in [2.75, 3.05) is 13.1 Å². The maximum atomic E-state index is 12.9. The standard InChI is InChI=1S/C20H22FN3O2/c21-18-3-1-15(2-4-18)13-19(25)24-11-7-17(8-12-24)20(26)23-14-16-5-9-22-10-6-16/h1-6,9-10,17H,7-8,11-14H2,(H,23,26). The second kappa shape index (κ2) is 8.56. The van der Waals surface area contributed by atoms with Gasteiger partial charge in [0.05, 0.1) is 6.42 Å². The number of nitrogens with one attached hydrogen (secondary N) is 1. The van der Waals surface area contributed by atoms with Gasteiger partial charge in [-0.25, -0.2) is 4.39 Å². The fraction of sp³-hybridized carbons (Fsp3) is 0.350. The number of halogens is 1. The molecule has 3 rings (SSSR count). The summed E-state index contributed by atoms with van der Waals surface area (Å²) in [4.78, 5) is 30.4. The Labute approximate surface area is 152 Å². The first kappa shape index (κ1) is 18.0. The van der Waals surface area contributed by atoms with Crippen LogP contribution in [0.4, 0.5) is 4.39 Å². The number of carbonyl (C=O) groups excluding carboxylic acids is 2. The predicted molar refractivity (Wildman–Crippen MR) is 95.5 cm³/mol. The van der Waals surface area contributed by atoms with Crippen LogP contribution in [-0.4, -0.2) is 34.8 Å². The second-order valence-corrected chi connectivity index (χ2v) is 6.53. The van der Waals surface area contributed by atoms with Crippen molar-refractivity contribution in [1.82, 2.24) is 15.2 Å². The molecule has 0 spiro atoms. The quantitative estimate of drug-likeness (QED) is 0.895. The molecule has 1 aromatic carbocycles. The van der Waals surface area contributed by atoms with E-state index in [1.807, 2.05) is 12.1 Å². The zero-order valence-electron chi connectivity index (χ0n) is 14.5. The van der Waals surface area contributed by atoms with Gasteiger partial charge in [0.2, 0.25) is 11.8 Å². The van der Waals surface area contributed by atoms with Gasteiger partial charge >= 0.3 is 0 Å². The highest BCUT2D eigenvalue weighted by molar-refractivity contribution is 5.81. The number of nitrogens with zero attached hydrogens (tertiary/aromatic N) is 2. The van der Waals surface area contributed by atoms with E-state index in [0.29, 0.717) is 32.5 Å². The van der Waals surface area contributed by atoms with E-state index in [9.17, 15) is 14.0 Å². The van der Waals surface area contributed by atoms with Crippen LogP contribution in [0.5, 0.6) is 0 Å². The lowest BCUT2D eigenvalue weighted by molar-refractivity contribution is -0.135. The Balaban J connectivity index is 1.43. The second-order valence-electron chi connectivity index (χ2n) is 6.53. The molecule has 0 bridgehead atoms. The van der Waals surface area contributed by atoms with E-state index >= 15 is 0 Å². The molecule has 1 fully saturated rings. The summed E-state index contributed by atoms with van der Waals surface area (Å²) in [7, 11) is 0. The van der Waals surface area contributed by atoms with Crippen molar-refractivity contribution in [3.05, 3.63) is 65.7 Å². The van der Waals surface area contributed by atoms with Crippen molar-refractivity contribution >= 4 is 11.8 Å². The summed E-state index contributed by atoms with van der Waals surface area (Å²) in [6.45, 7) is 1.64. The maximum Gasteiger partial charge on any atom is 0.226 e. The zero-order valence-corrected chi connectivity index (χ0v) is 14.5. The van der Waals surface area contributed by atoms with Gasteiger partial charge in [-0.3, -0.25) is 14.6 Å². The molecule has 1 N–H and O–H groups in total. The highest BCUT2D eigenvalue weighted by Gasteiger charge is 2.27. The molecule has 0 atom stereocenters. The first-order valence-electron chi connectivity index (χ1n) is 8.80. The predicted octanol–water partition coefficient (Wildman–Crippen LogP) is 2.32. The summed E-state index contributed by atoms with van der Waals surface area (Å²) >= 11 is 0. The van der Waals surface area contributed by atoms with Gasteiger partial charge in [0.15, 0.2) is 0 Å². The average Bonchev–Trinajstić information content (AvgIpc) is 2.69. The van der Waals surface area contributed by atoms with Crippen LogP contribution in [0.15, 0.2) is 48.8 Å². The van der Waals surface area contributed by atoms with Crippen molar-refractivity contribution in [2.24, 2.45) is 5.92 Å². The Morgan fingerprint density at radius 2 is 1.69 bits per heavy atom. The molecule has 1 saturated heterocycles. The number of rotatable bonds is 5. The Bertz CT molecular complexity index is 741. The van der Waals surface area contributed by atoms with Crippen molar-refractivity contribution in [2.45, 2.75) is 25.8 Å². The molecule has 5 nitrogen and oxygen atoms in total. The van der Waals surface area contributed by atoms with E-state index in [1.54, 1.807) is 29.4 Å². The monoisotopic (exact) mass is 355 g/mol.